The van der Waals surface area contributed by atoms with Crippen molar-refractivity contribution in [1.82, 2.24) is 14.7 Å². The summed E-state index contributed by atoms with van der Waals surface area (Å²) >= 11 is 0. The summed E-state index contributed by atoms with van der Waals surface area (Å²) in [5, 5.41) is 17.4. The van der Waals surface area contributed by atoms with Crippen LogP contribution in [0, 0.1) is 0 Å². The molecule has 0 radical (unpaired) electrons. The summed E-state index contributed by atoms with van der Waals surface area (Å²) in [7, 11) is 5.26. The first-order valence-corrected chi connectivity index (χ1v) is 13.4. The Kier molecular flexibility index (Phi) is 8.67. The minimum absolute atomic E-state index is 0.120. The second-order valence-electron chi connectivity index (χ2n) is 11.1. The largest absolute Gasteiger partial charge is 0.497 e. The van der Waals surface area contributed by atoms with Gasteiger partial charge in [-0.1, -0.05) is 0 Å². The van der Waals surface area contributed by atoms with E-state index >= 15 is 0 Å². The lowest BCUT2D eigenvalue weighted by molar-refractivity contribution is -0.160. The minimum Gasteiger partial charge on any atom is -0.497 e. The third-order valence-corrected chi connectivity index (χ3v) is 6.76. The molecule has 11 nitrogen and oxygen atoms in total. The van der Waals surface area contributed by atoms with Crippen molar-refractivity contribution < 1.29 is 29.0 Å². The Morgan fingerprint density at radius 1 is 1.07 bits per heavy atom. The van der Waals surface area contributed by atoms with Gasteiger partial charge in [0.05, 0.1) is 12.8 Å². The fraction of sp³-hybridized carbons (Fsp3) is 0.400. The Morgan fingerprint density at radius 2 is 1.71 bits per heavy atom. The lowest BCUT2D eigenvalue weighted by Crippen LogP contribution is -2.41. The maximum atomic E-state index is 13.7. The van der Waals surface area contributed by atoms with Gasteiger partial charge in [0.15, 0.2) is 5.69 Å². The smallest absolute Gasteiger partial charge is 0.356 e. The zero-order chi connectivity index (χ0) is 29.9. The maximum Gasteiger partial charge on any atom is 0.356 e. The summed E-state index contributed by atoms with van der Waals surface area (Å²) in [5.41, 5.74) is 2.08. The topological polar surface area (TPSA) is 126 Å². The molecule has 1 amide bonds. The van der Waals surface area contributed by atoms with Crippen molar-refractivity contribution in [2.75, 3.05) is 44.5 Å². The van der Waals surface area contributed by atoms with E-state index in [0.717, 1.165) is 5.69 Å². The van der Waals surface area contributed by atoms with E-state index in [9.17, 15) is 19.5 Å². The van der Waals surface area contributed by atoms with Crippen LogP contribution in [0.2, 0.25) is 0 Å². The van der Waals surface area contributed by atoms with Gasteiger partial charge in [0.2, 0.25) is 0 Å². The molecule has 3 aromatic rings. The highest BCUT2D eigenvalue weighted by molar-refractivity contribution is 6.09. The molecule has 2 aromatic carbocycles. The number of rotatable bonds is 10. The predicted octanol–water partition coefficient (Wildman–Crippen LogP) is 3.86. The van der Waals surface area contributed by atoms with E-state index in [1.54, 1.807) is 36.3 Å². The minimum atomic E-state index is -1.17. The Morgan fingerprint density at radius 3 is 2.27 bits per heavy atom. The summed E-state index contributed by atoms with van der Waals surface area (Å²) in [5.74, 6) is -1.12. The molecule has 4 rings (SSSR count). The predicted molar refractivity (Wildman–Crippen MR) is 155 cm³/mol. The fourth-order valence-electron chi connectivity index (χ4n) is 4.76. The molecule has 11 heteroatoms. The summed E-state index contributed by atoms with van der Waals surface area (Å²) in [6.45, 7) is 6.43. The number of likely N-dealkylation sites (N-methyl/N-ethyl adjacent to an activating group) is 1. The number of benzene rings is 2. The number of ether oxygens (including phenoxy) is 2. The van der Waals surface area contributed by atoms with Crippen molar-refractivity contribution >= 4 is 29.2 Å². The zero-order valence-electron chi connectivity index (χ0n) is 24.3. The van der Waals surface area contributed by atoms with E-state index < -0.39 is 11.6 Å². The monoisotopic (exact) mass is 563 g/mol. The number of carboxylic acid groups (broad SMARTS) is 1. The van der Waals surface area contributed by atoms with Gasteiger partial charge in [-0.15, -0.1) is 0 Å². The molecule has 0 spiro atoms. The second-order valence-corrected chi connectivity index (χ2v) is 11.1. The van der Waals surface area contributed by atoms with Crippen LogP contribution in [-0.2, 0) is 16.0 Å². The van der Waals surface area contributed by atoms with Crippen molar-refractivity contribution in [2.45, 2.75) is 45.3 Å². The number of methoxy groups -OCH3 is 1. The molecule has 218 valence electrons. The van der Waals surface area contributed by atoms with E-state index in [-0.39, 0.29) is 29.3 Å². The van der Waals surface area contributed by atoms with Gasteiger partial charge >= 0.3 is 11.9 Å². The summed E-state index contributed by atoms with van der Waals surface area (Å²) in [6.07, 6.45) is 0.910. The number of aromatic carboxylic acids is 1. The van der Waals surface area contributed by atoms with Crippen LogP contribution < -0.4 is 15.0 Å². The quantitative estimate of drug-likeness (QED) is 0.354. The van der Waals surface area contributed by atoms with Crippen molar-refractivity contribution in [2.24, 2.45) is 0 Å². The number of esters is 1. The van der Waals surface area contributed by atoms with Crippen LogP contribution in [-0.4, -0.2) is 83.6 Å². The van der Waals surface area contributed by atoms with Crippen LogP contribution in [0.5, 0.6) is 5.75 Å². The molecule has 1 unspecified atom stereocenters. The van der Waals surface area contributed by atoms with Crippen molar-refractivity contribution in [3.8, 4) is 11.4 Å². The van der Waals surface area contributed by atoms with Crippen molar-refractivity contribution in [3.05, 3.63) is 65.5 Å². The molecule has 0 bridgehead atoms. The van der Waals surface area contributed by atoms with Gasteiger partial charge in [-0.25, -0.2) is 9.48 Å². The highest BCUT2D eigenvalue weighted by Crippen LogP contribution is 2.30. The molecule has 2 heterocycles. The van der Waals surface area contributed by atoms with Gasteiger partial charge in [0, 0.05) is 30.0 Å². The molecule has 1 atom stereocenters. The van der Waals surface area contributed by atoms with E-state index in [2.05, 4.69) is 10.4 Å². The molecular formula is C30H37N5O6. The van der Waals surface area contributed by atoms with Gasteiger partial charge in [0.25, 0.3) is 5.91 Å². The highest BCUT2D eigenvalue weighted by atomic mass is 16.6. The Bertz CT molecular complexity index is 1410. The van der Waals surface area contributed by atoms with Crippen LogP contribution >= 0.6 is 0 Å². The van der Waals surface area contributed by atoms with E-state index in [1.165, 1.54) is 4.68 Å². The molecule has 2 N–H and O–H groups in total. The van der Waals surface area contributed by atoms with Crippen LogP contribution in [0.25, 0.3) is 5.69 Å². The Hall–Kier alpha value is -4.38. The number of carbonyl (C=O) groups is 3. The average Bonchev–Trinajstić information content (AvgIpc) is 3.31. The average molecular weight is 564 g/mol. The zero-order valence-corrected chi connectivity index (χ0v) is 24.3. The number of aromatic nitrogens is 2. The van der Waals surface area contributed by atoms with Gasteiger partial charge in [-0.05, 0) is 96.2 Å². The van der Waals surface area contributed by atoms with Crippen molar-refractivity contribution in [3.63, 3.8) is 0 Å². The number of amides is 1. The van der Waals surface area contributed by atoms with Gasteiger partial charge in [-0.2, -0.15) is 5.10 Å². The maximum absolute atomic E-state index is 13.7. The molecule has 0 saturated heterocycles. The Labute approximate surface area is 239 Å². The lowest BCUT2D eigenvalue weighted by atomic mass is 10.0. The normalized spacial score (nSPS) is 14.0. The number of hydrogen-bond donors (Lipinski definition) is 2. The first-order chi connectivity index (χ1) is 19.4. The number of nitrogens with one attached hydrogen (secondary N) is 1. The molecule has 1 aliphatic heterocycles. The molecule has 0 saturated carbocycles. The van der Waals surface area contributed by atoms with Crippen LogP contribution in [0.4, 0.5) is 11.4 Å². The third-order valence-electron chi connectivity index (χ3n) is 6.76. The number of nitrogens with zero attached hydrogens (tertiary/aromatic N) is 4. The first kappa shape index (κ1) is 29.6. The Balaban J connectivity index is 1.48. The summed E-state index contributed by atoms with van der Waals surface area (Å²) in [4.78, 5) is 41.7. The molecule has 1 aromatic heterocycles. The molecule has 0 fully saturated rings. The van der Waals surface area contributed by atoms with Crippen LogP contribution in [0.3, 0.4) is 0 Å². The number of anilines is 2. The third kappa shape index (κ3) is 6.68. The first-order valence-electron chi connectivity index (χ1n) is 13.4. The van der Waals surface area contributed by atoms with Gasteiger partial charge in [0.1, 0.15) is 23.1 Å². The molecular weight excluding hydrogens is 526 g/mol. The fourth-order valence-corrected chi connectivity index (χ4v) is 4.76. The van der Waals surface area contributed by atoms with Gasteiger partial charge in [-0.3, -0.25) is 14.5 Å². The van der Waals surface area contributed by atoms with Crippen LogP contribution in [0.1, 0.15) is 53.7 Å². The van der Waals surface area contributed by atoms with Crippen molar-refractivity contribution in [1.29, 1.82) is 0 Å². The van der Waals surface area contributed by atoms with E-state index in [0.29, 0.717) is 48.6 Å². The molecule has 1 aliphatic rings. The van der Waals surface area contributed by atoms with Gasteiger partial charge < -0.3 is 24.8 Å². The molecule has 41 heavy (non-hydrogen) atoms. The van der Waals surface area contributed by atoms with Crippen LogP contribution in [0.15, 0.2) is 48.5 Å². The number of carboxylic acids is 1. The number of hydrogen-bond acceptors (Lipinski definition) is 8. The summed E-state index contributed by atoms with van der Waals surface area (Å²) < 4.78 is 12.2. The van der Waals surface area contributed by atoms with E-state index in [1.807, 2.05) is 64.0 Å². The standard InChI is InChI=1S/C30H37N5O6/c1-30(2,3)41-29(39)24(33(4)5)15-17-31-19-7-9-20(10-8-19)34-18-16-23-25(28(37)38)32-35(26(23)27(34)36)21-11-13-22(40-6)14-12-21/h7-14,24,31H,15-18H2,1-6H3,(H,37,38). The van der Waals surface area contributed by atoms with E-state index in [4.69, 9.17) is 9.47 Å². The lowest BCUT2D eigenvalue weighted by Gasteiger charge is -2.28. The second kappa shape index (κ2) is 12.0. The molecule has 0 aliphatic carbocycles. The summed E-state index contributed by atoms with van der Waals surface area (Å²) in [6, 6.07) is 14.0. The number of fused-ring (bicyclic) bond motifs is 1. The number of carbonyl (C=O) groups excluding carboxylic acids is 2. The SMILES string of the molecule is COc1ccc(-n2nc(C(=O)O)c3c2C(=O)N(c2ccc(NCCC(C(=O)OC(C)(C)C)N(C)C)cc2)CC3)cc1. The highest BCUT2D eigenvalue weighted by Gasteiger charge is 2.35.